The van der Waals surface area contributed by atoms with Gasteiger partial charge in [0, 0.05) is 10.5 Å². The van der Waals surface area contributed by atoms with Crippen molar-refractivity contribution in [2.24, 2.45) is 0 Å². The third-order valence-corrected chi connectivity index (χ3v) is 3.82. The van der Waals surface area contributed by atoms with Crippen molar-refractivity contribution in [2.45, 2.75) is 20.4 Å². The molecule has 0 fully saturated rings. The molecular formula is C16H16INO. The van der Waals surface area contributed by atoms with Gasteiger partial charge in [-0.2, -0.15) is 0 Å². The van der Waals surface area contributed by atoms with Gasteiger partial charge in [-0.25, -0.2) is 0 Å². The highest BCUT2D eigenvalue weighted by molar-refractivity contribution is 14.1. The summed E-state index contributed by atoms with van der Waals surface area (Å²) >= 11 is 2.28. The van der Waals surface area contributed by atoms with Crippen LogP contribution in [0.4, 0.5) is 5.69 Å². The van der Waals surface area contributed by atoms with Gasteiger partial charge in [-0.05, 0) is 52.8 Å². The summed E-state index contributed by atoms with van der Waals surface area (Å²) in [5.41, 5.74) is 3.31. The van der Waals surface area contributed by atoms with Crippen LogP contribution >= 0.6 is 22.6 Å². The molecule has 2 nitrogen and oxygen atoms in total. The van der Waals surface area contributed by atoms with E-state index in [1.165, 1.54) is 5.56 Å². The Morgan fingerprint density at radius 1 is 1.16 bits per heavy atom. The normalized spacial score (nSPS) is 10.3. The number of carbonyl (C=O) groups is 1. The van der Waals surface area contributed by atoms with Crippen LogP contribution in [0.2, 0.25) is 0 Å². The molecule has 0 aliphatic heterocycles. The standard InChI is InChI=1S/C16H16INO/c1-12-8-9-16(15(17)10-12)18(13(2)19)11-14-6-4-3-5-7-14/h3-10H,11H2,1-2H3. The molecule has 0 N–H and O–H groups in total. The zero-order valence-electron chi connectivity index (χ0n) is 11.1. The number of aryl methyl sites for hydroxylation is 1. The Morgan fingerprint density at radius 2 is 1.84 bits per heavy atom. The van der Waals surface area contributed by atoms with E-state index in [4.69, 9.17) is 0 Å². The molecule has 0 aliphatic rings. The fraction of sp³-hybridized carbons (Fsp3) is 0.188. The molecule has 0 aromatic heterocycles. The minimum absolute atomic E-state index is 0.0608. The number of hydrogen-bond donors (Lipinski definition) is 0. The van der Waals surface area contributed by atoms with Crippen LogP contribution in [0.1, 0.15) is 18.1 Å². The number of nitrogens with zero attached hydrogens (tertiary/aromatic N) is 1. The van der Waals surface area contributed by atoms with E-state index in [9.17, 15) is 4.79 Å². The quantitative estimate of drug-likeness (QED) is 0.749. The summed E-state index contributed by atoms with van der Waals surface area (Å²) in [4.78, 5) is 13.7. The van der Waals surface area contributed by atoms with Gasteiger partial charge in [0.25, 0.3) is 0 Å². The van der Waals surface area contributed by atoms with E-state index >= 15 is 0 Å². The first-order chi connectivity index (χ1) is 9.08. The van der Waals surface area contributed by atoms with E-state index in [0.29, 0.717) is 6.54 Å². The lowest BCUT2D eigenvalue weighted by molar-refractivity contribution is -0.116. The van der Waals surface area contributed by atoms with Gasteiger partial charge in [0.2, 0.25) is 5.91 Å². The molecule has 1 amide bonds. The van der Waals surface area contributed by atoms with Gasteiger partial charge in [0.1, 0.15) is 0 Å². The first kappa shape index (κ1) is 14.1. The lowest BCUT2D eigenvalue weighted by Gasteiger charge is -2.23. The second-order valence-corrected chi connectivity index (χ2v) is 5.71. The molecule has 0 saturated heterocycles. The average Bonchev–Trinajstić information content (AvgIpc) is 2.38. The third-order valence-electron chi connectivity index (χ3n) is 2.96. The van der Waals surface area contributed by atoms with Crippen LogP contribution in [0, 0.1) is 10.5 Å². The molecule has 0 bridgehead atoms. The minimum Gasteiger partial charge on any atom is -0.307 e. The molecule has 0 radical (unpaired) electrons. The van der Waals surface area contributed by atoms with Crippen LogP contribution < -0.4 is 4.90 Å². The first-order valence-electron chi connectivity index (χ1n) is 6.16. The van der Waals surface area contributed by atoms with Crippen LogP contribution in [0.15, 0.2) is 48.5 Å². The van der Waals surface area contributed by atoms with Gasteiger partial charge < -0.3 is 4.90 Å². The van der Waals surface area contributed by atoms with E-state index < -0.39 is 0 Å². The third kappa shape index (κ3) is 3.56. The van der Waals surface area contributed by atoms with Crippen molar-refractivity contribution in [1.29, 1.82) is 0 Å². The predicted octanol–water partition coefficient (Wildman–Crippen LogP) is 4.15. The second kappa shape index (κ2) is 6.19. The summed E-state index contributed by atoms with van der Waals surface area (Å²) < 4.78 is 1.10. The number of hydrogen-bond acceptors (Lipinski definition) is 1. The van der Waals surface area contributed by atoms with E-state index in [0.717, 1.165) is 14.8 Å². The van der Waals surface area contributed by atoms with Crippen molar-refractivity contribution < 1.29 is 4.79 Å². The van der Waals surface area contributed by atoms with Crippen molar-refractivity contribution in [3.05, 3.63) is 63.2 Å². The zero-order valence-corrected chi connectivity index (χ0v) is 13.2. The van der Waals surface area contributed by atoms with E-state index in [2.05, 4.69) is 35.6 Å². The number of halogens is 1. The molecule has 3 heteroatoms. The monoisotopic (exact) mass is 365 g/mol. The van der Waals surface area contributed by atoms with Crippen molar-refractivity contribution >= 4 is 34.2 Å². The van der Waals surface area contributed by atoms with E-state index in [1.54, 1.807) is 6.92 Å². The number of anilines is 1. The predicted molar refractivity (Wildman–Crippen MR) is 87.2 cm³/mol. The molecule has 0 saturated carbocycles. The number of carbonyl (C=O) groups excluding carboxylic acids is 1. The largest absolute Gasteiger partial charge is 0.307 e. The van der Waals surface area contributed by atoms with E-state index in [-0.39, 0.29) is 5.91 Å². The SMILES string of the molecule is CC(=O)N(Cc1ccccc1)c1ccc(C)cc1I. The van der Waals surface area contributed by atoms with Crippen molar-refractivity contribution in [3.63, 3.8) is 0 Å². The van der Waals surface area contributed by atoms with Crippen molar-refractivity contribution in [2.75, 3.05) is 4.90 Å². The van der Waals surface area contributed by atoms with Crippen LogP contribution in [-0.2, 0) is 11.3 Å². The van der Waals surface area contributed by atoms with E-state index in [1.807, 2.05) is 47.4 Å². The highest BCUT2D eigenvalue weighted by Gasteiger charge is 2.14. The van der Waals surface area contributed by atoms with Gasteiger partial charge >= 0.3 is 0 Å². The van der Waals surface area contributed by atoms with Gasteiger partial charge in [-0.3, -0.25) is 4.79 Å². The summed E-state index contributed by atoms with van der Waals surface area (Å²) in [6.45, 7) is 4.27. The molecule has 2 rings (SSSR count). The minimum atomic E-state index is 0.0608. The number of rotatable bonds is 3. The lowest BCUT2D eigenvalue weighted by atomic mass is 10.1. The fourth-order valence-electron chi connectivity index (χ4n) is 1.96. The second-order valence-electron chi connectivity index (χ2n) is 4.55. The first-order valence-corrected chi connectivity index (χ1v) is 7.24. The summed E-state index contributed by atoms with van der Waals surface area (Å²) in [5, 5.41) is 0. The number of amides is 1. The van der Waals surface area contributed by atoms with Crippen molar-refractivity contribution in [1.82, 2.24) is 0 Å². The molecular weight excluding hydrogens is 349 g/mol. The summed E-state index contributed by atoms with van der Waals surface area (Å²) in [6.07, 6.45) is 0. The Labute approximate surface area is 127 Å². The molecule has 19 heavy (non-hydrogen) atoms. The molecule has 0 spiro atoms. The zero-order chi connectivity index (χ0) is 13.8. The average molecular weight is 365 g/mol. The van der Waals surface area contributed by atoms with Gasteiger partial charge in [-0.15, -0.1) is 0 Å². The van der Waals surface area contributed by atoms with Crippen LogP contribution in [-0.4, -0.2) is 5.91 Å². The summed E-state index contributed by atoms with van der Waals surface area (Å²) in [5.74, 6) is 0.0608. The molecule has 98 valence electrons. The molecule has 0 unspecified atom stereocenters. The molecule has 0 heterocycles. The Kier molecular flexibility index (Phi) is 4.58. The highest BCUT2D eigenvalue weighted by atomic mass is 127. The fourth-order valence-corrected chi connectivity index (χ4v) is 2.93. The molecule has 2 aromatic rings. The maximum Gasteiger partial charge on any atom is 0.224 e. The van der Waals surface area contributed by atoms with Gasteiger partial charge in [-0.1, -0.05) is 36.4 Å². The smallest absolute Gasteiger partial charge is 0.224 e. The summed E-state index contributed by atoms with van der Waals surface area (Å²) in [6, 6.07) is 16.2. The topological polar surface area (TPSA) is 20.3 Å². The maximum atomic E-state index is 11.9. The molecule has 2 aromatic carbocycles. The maximum absolute atomic E-state index is 11.9. The van der Waals surface area contributed by atoms with Crippen molar-refractivity contribution in [3.8, 4) is 0 Å². The molecule has 0 aliphatic carbocycles. The molecule has 0 atom stereocenters. The lowest BCUT2D eigenvalue weighted by Crippen LogP contribution is -2.28. The Morgan fingerprint density at radius 3 is 2.42 bits per heavy atom. The Bertz CT molecular complexity index is 581. The Balaban J connectivity index is 2.33. The van der Waals surface area contributed by atoms with Crippen LogP contribution in [0.5, 0.6) is 0 Å². The van der Waals surface area contributed by atoms with Gasteiger partial charge in [0.15, 0.2) is 0 Å². The number of benzene rings is 2. The highest BCUT2D eigenvalue weighted by Crippen LogP contribution is 2.25. The Hall–Kier alpha value is -1.36. The van der Waals surface area contributed by atoms with Crippen LogP contribution in [0.3, 0.4) is 0 Å². The van der Waals surface area contributed by atoms with Crippen LogP contribution in [0.25, 0.3) is 0 Å². The summed E-state index contributed by atoms with van der Waals surface area (Å²) in [7, 11) is 0. The van der Waals surface area contributed by atoms with Gasteiger partial charge in [0.05, 0.1) is 12.2 Å².